The molecule has 2 aromatic rings. The molecule has 110 valence electrons. The molecule has 21 heavy (non-hydrogen) atoms. The maximum atomic E-state index is 13.1. The lowest BCUT2D eigenvalue weighted by Crippen LogP contribution is -2.39. The second-order valence-corrected chi connectivity index (χ2v) is 4.38. The minimum atomic E-state index is -1.71. The number of carbonyl (C=O) groups is 1. The molecule has 0 fully saturated rings. The first-order valence-electron chi connectivity index (χ1n) is 5.70. The van der Waals surface area contributed by atoms with Crippen LogP contribution >= 0.6 is 0 Å². The summed E-state index contributed by atoms with van der Waals surface area (Å²) >= 11 is 0. The van der Waals surface area contributed by atoms with E-state index in [1.807, 2.05) is 0 Å². The van der Waals surface area contributed by atoms with Gasteiger partial charge in [-0.05, 0) is 12.1 Å². The molecule has 1 aromatic heterocycles. The number of ketones is 1. The highest BCUT2D eigenvalue weighted by molar-refractivity contribution is 6.08. The molecule has 0 amide bonds. The van der Waals surface area contributed by atoms with E-state index in [0.29, 0.717) is 16.7 Å². The minimum absolute atomic E-state index is 0.454. The maximum Gasteiger partial charge on any atom is 0.330 e. The van der Waals surface area contributed by atoms with E-state index in [9.17, 15) is 27.6 Å². The van der Waals surface area contributed by atoms with Crippen molar-refractivity contribution in [2.75, 3.05) is 0 Å². The quantitative estimate of drug-likeness (QED) is 0.606. The van der Waals surface area contributed by atoms with E-state index in [4.69, 9.17) is 0 Å². The molecule has 0 aliphatic rings. The Morgan fingerprint density at radius 1 is 1.05 bits per heavy atom. The molecule has 0 aliphatic heterocycles. The lowest BCUT2D eigenvalue weighted by molar-refractivity contribution is 0.103. The molecule has 8 heteroatoms. The summed E-state index contributed by atoms with van der Waals surface area (Å²) in [4.78, 5) is 35.5. The highest BCUT2D eigenvalue weighted by atomic mass is 19.2. The first-order valence-corrected chi connectivity index (χ1v) is 5.70. The van der Waals surface area contributed by atoms with Gasteiger partial charge in [-0.2, -0.15) is 0 Å². The second kappa shape index (κ2) is 5.04. The lowest BCUT2D eigenvalue weighted by atomic mass is 10.1. The summed E-state index contributed by atoms with van der Waals surface area (Å²) in [6.45, 7) is 0. The van der Waals surface area contributed by atoms with Gasteiger partial charge in [0, 0.05) is 25.9 Å². The van der Waals surface area contributed by atoms with Crippen molar-refractivity contribution in [3.05, 3.63) is 67.7 Å². The summed E-state index contributed by atoms with van der Waals surface area (Å²) in [5, 5.41) is 0. The molecule has 0 atom stereocenters. The van der Waals surface area contributed by atoms with Gasteiger partial charge in [0.2, 0.25) is 0 Å². The second-order valence-electron chi connectivity index (χ2n) is 4.38. The fourth-order valence-corrected chi connectivity index (χ4v) is 1.81. The highest BCUT2D eigenvalue weighted by Crippen LogP contribution is 2.15. The van der Waals surface area contributed by atoms with E-state index in [1.54, 1.807) is 0 Å². The summed E-state index contributed by atoms with van der Waals surface area (Å²) in [5.74, 6) is -5.80. The average molecular weight is 298 g/mol. The van der Waals surface area contributed by atoms with E-state index in [-0.39, 0.29) is 0 Å². The van der Waals surface area contributed by atoms with Gasteiger partial charge in [0.05, 0.1) is 0 Å². The monoisotopic (exact) mass is 298 g/mol. The van der Waals surface area contributed by atoms with E-state index in [0.717, 1.165) is 17.8 Å². The van der Waals surface area contributed by atoms with Gasteiger partial charge in [-0.25, -0.2) is 18.0 Å². The van der Waals surface area contributed by atoms with Crippen LogP contribution in [0.15, 0.2) is 27.9 Å². The number of rotatable bonds is 2. The molecular weight excluding hydrogens is 289 g/mol. The Bertz CT molecular complexity index is 845. The van der Waals surface area contributed by atoms with Gasteiger partial charge < -0.3 is 4.57 Å². The van der Waals surface area contributed by atoms with Crippen molar-refractivity contribution in [3.63, 3.8) is 0 Å². The normalized spacial score (nSPS) is 10.7. The fourth-order valence-electron chi connectivity index (χ4n) is 1.81. The Morgan fingerprint density at radius 2 is 1.57 bits per heavy atom. The van der Waals surface area contributed by atoms with Gasteiger partial charge >= 0.3 is 5.69 Å². The van der Waals surface area contributed by atoms with E-state index in [1.165, 1.54) is 7.05 Å². The van der Waals surface area contributed by atoms with Crippen LogP contribution in [-0.2, 0) is 14.1 Å². The molecule has 0 radical (unpaired) electrons. The van der Waals surface area contributed by atoms with Crippen molar-refractivity contribution in [2.24, 2.45) is 14.1 Å². The van der Waals surface area contributed by atoms with Gasteiger partial charge in [-0.3, -0.25) is 14.2 Å². The molecule has 0 saturated carbocycles. The Balaban J connectivity index is 2.67. The molecule has 2 rings (SSSR count). The molecular formula is C13H9F3N2O3. The zero-order valence-electron chi connectivity index (χ0n) is 11.0. The van der Waals surface area contributed by atoms with Crippen LogP contribution in [0, 0.1) is 17.5 Å². The van der Waals surface area contributed by atoms with Crippen molar-refractivity contribution < 1.29 is 18.0 Å². The number of hydrogen-bond acceptors (Lipinski definition) is 3. The maximum absolute atomic E-state index is 13.1. The first-order chi connectivity index (χ1) is 9.73. The number of aromatic nitrogens is 2. The molecule has 0 bridgehead atoms. The fraction of sp³-hybridized carbons (Fsp3) is 0.154. The summed E-state index contributed by atoms with van der Waals surface area (Å²) in [6, 6.07) is 0.983. The van der Waals surface area contributed by atoms with Gasteiger partial charge in [-0.15, -0.1) is 0 Å². The highest BCUT2D eigenvalue weighted by Gasteiger charge is 2.20. The topological polar surface area (TPSA) is 61.1 Å². The van der Waals surface area contributed by atoms with Gasteiger partial charge in [-0.1, -0.05) is 0 Å². The van der Waals surface area contributed by atoms with Gasteiger partial charge in [0.25, 0.3) is 5.56 Å². The number of aryl methyl sites for hydroxylation is 1. The molecule has 1 heterocycles. The molecule has 0 saturated heterocycles. The molecule has 0 unspecified atom stereocenters. The van der Waals surface area contributed by atoms with Crippen molar-refractivity contribution in [3.8, 4) is 0 Å². The molecule has 0 spiro atoms. The van der Waals surface area contributed by atoms with Crippen molar-refractivity contribution >= 4 is 5.78 Å². The average Bonchev–Trinajstić information content (AvgIpc) is 2.45. The third-order valence-corrected chi connectivity index (χ3v) is 2.94. The van der Waals surface area contributed by atoms with Crippen LogP contribution in [0.3, 0.4) is 0 Å². The molecule has 0 N–H and O–H groups in total. The largest absolute Gasteiger partial charge is 0.330 e. The number of nitrogens with zero attached hydrogens (tertiary/aromatic N) is 2. The molecule has 0 aliphatic carbocycles. The van der Waals surface area contributed by atoms with E-state index < -0.39 is 45.6 Å². The summed E-state index contributed by atoms with van der Waals surface area (Å²) in [5.41, 5.74) is -2.55. The molecule has 1 aromatic carbocycles. The third-order valence-electron chi connectivity index (χ3n) is 2.94. The minimum Gasteiger partial charge on any atom is -0.303 e. The number of halogens is 3. The Morgan fingerprint density at radius 3 is 2.10 bits per heavy atom. The summed E-state index contributed by atoms with van der Waals surface area (Å²) < 4.78 is 40.8. The Kier molecular flexibility index (Phi) is 3.54. The van der Waals surface area contributed by atoms with Crippen LogP contribution in [0.25, 0.3) is 0 Å². The lowest BCUT2D eigenvalue weighted by Gasteiger charge is -2.06. The predicted molar refractivity (Wildman–Crippen MR) is 66.7 cm³/mol. The van der Waals surface area contributed by atoms with Gasteiger partial charge in [0.1, 0.15) is 5.56 Å². The number of benzene rings is 1. The summed E-state index contributed by atoms with van der Waals surface area (Å²) in [6.07, 6.45) is 0.964. The number of hydrogen-bond donors (Lipinski definition) is 0. The zero-order valence-corrected chi connectivity index (χ0v) is 11.0. The van der Waals surface area contributed by atoms with Crippen LogP contribution in [0.5, 0.6) is 0 Å². The van der Waals surface area contributed by atoms with Crippen LogP contribution in [-0.4, -0.2) is 14.9 Å². The molecule has 5 nitrogen and oxygen atoms in total. The third kappa shape index (κ3) is 2.39. The van der Waals surface area contributed by atoms with E-state index >= 15 is 0 Å². The zero-order chi connectivity index (χ0) is 15.9. The predicted octanol–water partition coefficient (Wildman–Crippen LogP) is 0.732. The smallest absolute Gasteiger partial charge is 0.303 e. The van der Waals surface area contributed by atoms with Crippen molar-refractivity contribution in [1.29, 1.82) is 0 Å². The Labute approximate surface area is 115 Å². The van der Waals surface area contributed by atoms with Crippen LogP contribution in [0.2, 0.25) is 0 Å². The summed E-state index contributed by atoms with van der Waals surface area (Å²) in [7, 11) is 2.47. The van der Waals surface area contributed by atoms with E-state index in [2.05, 4.69) is 0 Å². The number of carbonyl (C=O) groups excluding carboxylic acids is 1. The SMILES string of the molecule is Cn1cc(C(=O)c2cc(F)c(F)c(F)c2)c(=O)n(C)c1=O. The standard InChI is InChI=1S/C13H9F3N2O3/c1-17-5-7(12(20)18(2)13(17)21)11(19)6-3-8(14)10(16)9(15)4-6/h3-5H,1-2H3. The van der Waals surface area contributed by atoms with Crippen LogP contribution in [0.1, 0.15) is 15.9 Å². The Hall–Kier alpha value is -2.64. The van der Waals surface area contributed by atoms with Crippen LogP contribution < -0.4 is 11.2 Å². The first kappa shape index (κ1) is 14.8. The van der Waals surface area contributed by atoms with Crippen LogP contribution in [0.4, 0.5) is 13.2 Å². The van der Waals surface area contributed by atoms with Gasteiger partial charge in [0.15, 0.2) is 23.2 Å². The van der Waals surface area contributed by atoms with Crippen molar-refractivity contribution in [1.82, 2.24) is 9.13 Å². The van der Waals surface area contributed by atoms with Crippen molar-refractivity contribution in [2.45, 2.75) is 0 Å².